The highest BCUT2D eigenvalue weighted by atomic mass is 79.9. The number of aromatic hydroxyl groups is 1. The molecule has 2 aliphatic rings. The second kappa shape index (κ2) is 11.2. The van der Waals surface area contributed by atoms with Gasteiger partial charge in [-0.3, -0.25) is 14.5 Å². The van der Waals surface area contributed by atoms with E-state index in [-0.39, 0.29) is 23.4 Å². The summed E-state index contributed by atoms with van der Waals surface area (Å²) in [5.41, 5.74) is 0.775. The number of phenols is 1. The van der Waals surface area contributed by atoms with Crippen molar-refractivity contribution in [1.29, 1.82) is 0 Å². The van der Waals surface area contributed by atoms with Gasteiger partial charge < -0.3 is 24.6 Å². The van der Waals surface area contributed by atoms with E-state index in [0.29, 0.717) is 35.2 Å². The van der Waals surface area contributed by atoms with Crippen LogP contribution in [0.15, 0.2) is 52.5 Å². The average Bonchev–Trinajstić information content (AvgIpc) is 3.15. The van der Waals surface area contributed by atoms with Gasteiger partial charge in [-0.1, -0.05) is 28.1 Å². The minimum Gasteiger partial charge on any atom is -0.507 e. The van der Waals surface area contributed by atoms with Gasteiger partial charge in [-0.15, -0.1) is 0 Å². The van der Waals surface area contributed by atoms with Crippen LogP contribution in [0, 0.1) is 0 Å². The van der Waals surface area contributed by atoms with Crippen molar-refractivity contribution in [1.82, 2.24) is 9.80 Å². The summed E-state index contributed by atoms with van der Waals surface area (Å²) >= 11 is 3.31. The van der Waals surface area contributed by atoms with E-state index >= 15 is 0 Å². The summed E-state index contributed by atoms with van der Waals surface area (Å²) in [6.45, 7) is 3.94. The number of methoxy groups -OCH3 is 1. The van der Waals surface area contributed by atoms with Crippen molar-refractivity contribution in [3.8, 4) is 5.75 Å². The number of phenolic OH excluding ortho intramolecular Hbond substituents is 1. The van der Waals surface area contributed by atoms with E-state index in [2.05, 4.69) is 20.8 Å². The van der Waals surface area contributed by atoms with E-state index in [1.54, 1.807) is 30.3 Å². The third-order valence-corrected chi connectivity index (χ3v) is 6.87. The number of halogens is 1. The number of Topliss-reactive ketones (excluding diaryl/α,β-unsaturated/α-hetero) is 1. The summed E-state index contributed by atoms with van der Waals surface area (Å²) in [5, 5.41) is 21.5. The standard InChI is InChI=1S/C26H27BrN2O7/c1-35-26(34)17-5-3-16(4-6-17)22-21(23(31)19-15-18(27)7-8-20(19)30)24(32)25(33)29(22)10-2-9-28-11-13-36-14-12-28/h3-8,15,22,30-31H,2,9-14H2,1H3/t22-/m0/s1. The average molecular weight is 559 g/mol. The van der Waals surface area contributed by atoms with E-state index in [1.165, 1.54) is 24.1 Å². The van der Waals surface area contributed by atoms with E-state index in [4.69, 9.17) is 9.47 Å². The van der Waals surface area contributed by atoms with Gasteiger partial charge in [0.2, 0.25) is 0 Å². The second-order valence-corrected chi connectivity index (χ2v) is 9.49. The van der Waals surface area contributed by atoms with Crippen LogP contribution in [0.2, 0.25) is 0 Å². The fourth-order valence-corrected chi connectivity index (χ4v) is 4.87. The Balaban J connectivity index is 1.72. The van der Waals surface area contributed by atoms with Gasteiger partial charge >= 0.3 is 5.97 Å². The molecular weight excluding hydrogens is 532 g/mol. The number of rotatable bonds is 7. The molecule has 2 aromatic rings. The first-order chi connectivity index (χ1) is 17.3. The summed E-state index contributed by atoms with van der Waals surface area (Å²) in [6, 6.07) is 9.93. The molecule has 0 aliphatic carbocycles. The number of ketones is 1. The Morgan fingerprint density at radius 2 is 1.81 bits per heavy atom. The Kier molecular flexibility index (Phi) is 8.07. The quantitative estimate of drug-likeness (QED) is 0.230. The molecule has 2 aliphatic heterocycles. The van der Waals surface area contributed by atoms with Crippen molar-refractivity contribution in [3.63, 3.8) is 0 Å². The number of hydrogen-bond donors (Lipinski definition) is 2. The molecule has 0 spiro atoms. The van der Waals surface area contributed by atoms with Crippen LogP contribution in [0.1, 0.15) is 33.9 Å². The van der Waals surface area contributed by atoms with Crippen molar-refractivity contribution in [2.24, 2.45) is 0 Å². The molecule has 0 saturated carbocycles. The van der Waals surface area contributed by atoms with E-state index in [1.807, 2.05) is 0 Å². The van der Waals surface area contributed by atoms with Gasteiger partial charge in [0.05, 0.1) is 43.1 Å². The van der Waals surface area contributed by atoms with Crippen molar-refractivity contribution in [2.45, 2.75) is 12.5 Å². The highest BCUT2D eigenvalue weighted by molar-refractivity contribution is 9.10. The Hall–Kier alpha value is -3.21. The molecular formula is C26H27BrN2O7. The summed E-state index contributed by atoms with van der Waals surface area (Å²) < 4.78 is 10.7. The molecule has 2 heterocycles. The van der Waals surface area contributed by atoms with Crippen LogP contribution in [0.3, 0.4) is 0 Å². The first-order valence-corrected chi connectivity index (χ1v) is 12.4. The van der Waals surface area contributed by atoms with Gasteiger partial charge in [0.25, 0.3) is 11.7 Å². The van der Waals surface area contributed by atoms with Gasteiger partial charge in [-0.25, -0.2) is 4.79 Å². The molecule has 2 fully saturated rings. The van der Waals surface area contributed by atoms with Crippen molar-refractivity contribution >= 4 is 39.3 Å². The molecule has 0 bridgehead atoms. The van der Waals surface area contributed by atoms with Crippen LogP contribution in [0.5, 0.6) is 5.75 Å². The van der Waals surface area contributed by atoms with Crippen LogP contribution < -0.4 is 0 Å². The van der Waals surface area contributed by atoms with E-state index in [0.717, 1.165) is 19.6 Å². The lowest BCUT2D eigenvalue weighted by molar-refractivity contribution is -0.140. The summed E-state index contributed by atoms with van der Waals surface area (Å²) in [6.07, 6.45) is 0.617. The van der Waals surface area contributed by atoms with Gasteiger partial charge in [0, 0.05) is 30.7 Å². The predicted molar refractivity (Wildman–Crippen MR) is 134 cm³/mol. The smallest absolute Gasteiger partial charge is 0.337 e. The van der Waals surface area contributed by atoms with Gasteiger partial charge in [0.1, 0.15) is 11.5 Å². The molecule has 4 rings (SSSR count). The Morgan fingerprint density at radius 3 is 2.47 bits per heavy atom. The monoisotopic (exact) mass is 558 g/mol. The number of carbonyl (C=O) groups is 3. The number of aliphatic hydroxyl groups is 1. The molecule has 36 heavy (non-hydrogen) atoms. The molecule has 1 atom stereocenters. The zero-order chi connectivity index (χ0) is 25.8. The van der Waals surface area contributed by atoms with Crippen LogP contribution in [-0.2, 0) is 19.1 Å². The first kappa shape index (κ1) is 25.9. The predicted octanol–water partition coefficient (Wildman–Crippen LogP) is 3.09. The number of esters is 1. The largest absolute Gasteiger partial charge is 0.507 e. The van der Waals surface area contributed by atoms with E-state index in [9.17, 15) is 24.6 Å². The molecule has 2 aromatic carbocycles. The number of nitrogens with zero attached hydrogens (tertiary/aromatic N) is 2. The van der Waals surface area contributed by atoms with Gasteiger partial charge in [-0.05, 0) is 42.3 Å². The zero-order valence-corrected chi connectivity index (χ0v) is 21.4. The molecule has 0 unspecified atom stereocenters. The zero-order valence-electron chi connectivity index (χ0n) is 19.8. The van der Waals surface area contributed by atoms with Crippen molar-refractivity contribution in [2.75, 3.05) is 46.5 Å². The normalized spacial score (nSPS) is 20.1. The number of carbonyl (C=O) groups excluding carboxylic acids is 3. The number of hydrogen-bond acceptors (Lipinski definition) is 8. The third-order valence-electron chi connectivity index (χ3n) is 6.38. The highest BCUT2D eigenvalue weighted by Crippen LogP contribution is 2.41. The van der Waals surface area contributed by atoms with Crippen LogP contribution >= 0.6 is 15.9 Å². The molecule has 0 radical (unpaired) electrons. The molecule has 10 heteroatoms. The number of benzene rings is 2. The number of likely N-dealkylation sites (tertiary alicyclic amines) is 1. The molecule has 1 amide bonds. The Morgan fingerprint density at radius 1 is 1.11 bits per heavy atom. The molecule has 2 saturated heterocycles. The Labute approximate surface area is 217 Å². The molecule has 190 valence electrons. The SMILES string of the molecule is COC(=O)c1ccc([C@H]2C(=C(O)c3cc(Br)ccc3O)C(=O)C(=O)N2CCCN2CCOCC2)cc1. The lowest BCUT2D eigenvalue weighted by Gasteiger charge is -2.29. The van der Waals surface area contributed by atoms with Crippen LogP contribution in [0.25, 0.3) is 5.76 Å². The number of ether oxygens (including phenoxy) is 2. The van der Waals surface area contributed by atoms with Crippen LogP contribution in [0.4, 0.5) is 0 Å². The molecule has 9 nitrogen and oxygen atoms in total. The molecule has 2 N–H and O–H groups in total. The summed E-state index contributed by atoms with van der Waals surface area (Å²) in [7, 11) is 1.28. The van der Waals surface area contributed by atoms with Crippen molar-refractivity contribution in [3.05, 3.63) is 69.2 Å². The topological polar surface area (TPSA) is 117 Å². The highest BCUT2D eigenvalue weighted by Gasteiger charge is 2.46. The maximum atomic E-state index is 13.2. The third kappa shape index (κ3) is 5.30. The maximum Gasteiger partial charge on any atom is 0.337 e. The number of morpholine rings is 1. The van der Waals surface area contributed by atoms with Crippen molar-refractivity contribution < 1.29 is 34.1 Å². The summed E-state index contributed by atoms with van der Waals surface area (Å²) in [4.78, 5) is 41.9. The number of aliphatic hydroxyl groups excluding tert-OH is 1. The minimum atomic E-state index is -0.889. The first-order valence-electron chi connectivity index (χ1n) is 11.6. The number of amides is 1. The fraction of sp³-hybridized carbons (Fsp3) is 0.346. The van der Waals surface area contributed by atoms with Gasteiger partial charge in [0.15, 0.2) is 0 Å². The van der Waals surface area contributed by atoms with Crippen LogP contribution in [-0.4, -0.2) is 84.2 Å². The van der Waals surface area contributed by atoms with E-state index < -0.39 is 29.5 Å². The second-order valence-electron chi connectivity index (χ2n) is 8.58. The lowest BCUT2D eigenvalue weighted by Crippen LogP contribution is -2.39. The molecule has 0 aromatic heterocycles. The maximum absolute atomic E-state index is 13.2. The lowest BCUT2D eigenvalue weighted by atomic mass is 9.94. The fourth-order valence-electron chi connectivity index (χ4n) is 4.51. The summed E-state index contributed by atoms with van der Waals surface area (Å²) in [5.74, 6) is -2.77. The van der Waals surface area contributed by atoms with Gasteiger partial charge in [-0.2, -0.15) is 0 Å². The minimum absolute atomic E-state index is 0.0341. The Bertz CT molecular complexity index is 1190.